The first kappa shape index (κ1) is 19.2. The molecule has 148 valence electrons. The summed E-state index contributed by atoms with van der Waals surface area (Å²) in [5.41, 5.74) is 2.44. The lowest BCUT2D eigenvalue weighted by Crippen LogP contribution is -2.32. The minimum Gasteiger partial charge on any atom is -0.349 e. The van der Waals surface area contributed by atoms with Crippen LogP contribution in [0.15, 0.2) is 53.4 Å². The van der Waals surface area contributed by atoms with Gasteiger partial charge in [0.15, 0.2) is 0 Å². The van der Waals surface area contributed by atoms with Crippen LogP contribution in [0.4, 0.5) is 0 Å². The Hall–Kier alpha value is -2.18. The summed E-state index contributed by atoms with van der Waals surface area (Å²) in [7, 11) is -3.40. The zero-order valence-electron chi connectivity index (χ0n) is 15.9. The Bertz CT molecular complexity index is 942. The van der Waals surface area contributed by atoms with Gasteiger partial charge < -0.3 is 5.32 Å². The fraction of sp³-hybridized carbons (Fsp3) is 0.409. The summed E-state index contributed by atoms with van der Waals surface area (Å²) >= 11 is 0. The minimum atomic E-state index is -3.40. The van der Waals surface area contributed by atoms with Crippen LogP contribution in [-0.4, -0.2) is 37.8 Å². The molecule has 5 nitrogen and oxygen atoms in total. The SMILES string of the molecule is O=C(NC1CCCC1)c1cccc(-c2ccc(S(=O)(=O)N3CCCC3)cc2)c1. The molecule has 2 fully saturated rings. The first-order chi connectivity index (χ1) is 13.5. The molecule has 4 rings (SSSR count). The molecule has 1 aliphatic carbocycles. The molecule has 0 radical (unpaired) electrons. The molecule has 1 saturated carbocycles. The number of hydrogen-bond acceptors (Lipinski definition) is 3. The van der Waals surface area contributed by atoms with Gasteiger partial charge in [-0.3, -0.25) is 4.79 Å². The number of carbonyl (C=O) groups is 1. The predicted octanol–water partition coefficient (Wildman–Crippen LogP) is 3.81. The van der Waals surface area contributed by atoms with Gasteiger partial charge in [-0.05, 0) is 61.1 Å². The predicted molar refractivity (Wildman–Crippen MR) is 110 cm³/mol. The normalized spacial score (nSPS) is 18.4. The maximum Gasteiger partial charge on any atom is 0.251 e. The van der Waals surface area contributed by atoms with E-state index in [1.807, 2.05) is 36.4 Å². The van der Waals surface area contributed by atoms with E-state index in [0.29, 0.717) is 23.5 Å². The van der Waals surface area contributed by atoms with E-state index in [-0.39, 0.29) is 11.9 Å². The van der Waals surface area contributed by atoms with Crippen LogP contribution >= 0.6 is 0 Å². The Morgan fingerprint density at radius 2 is 1.57 bits per heavy atom. The summed E-state index contributed by atoms with van der Waals surface area (Å²) < 4.78 is 26.9. The lowest BCUT2D eigenvalue weighted by atomic mass is 10.0. The zero-order chi connectivity index (χ0) is 19.6. The van der Waals surface area contributed by atoms with E-state index in [1.54, 1.807) is 16.4 Å². The van der Waals surface area contributed by atoms with E-state index >= 15 is 0 Å². The Labute approximate surface area is 166 Å². The molecule has 2 aliphatic rings. The highest BCUT2D eigenvalue weighted by Crippen LogP contribution is 2.26. The molecule has 1 aliphatic heterocycles. The van der Waals surface area contributed by atoms with Crippen molar-refractivity contribution in [1.82, 2.24) is 9.62 Å². The van der Waals surface area contributed by atoms with Crippen molar-refractivity contribution in [3.8, 4) is 11.1 Å². The van der Waals surface area contributed by atoms with Gasteiger partial charge in [-0.1, -0.05) is 37.1 Å². The molecule has 2 aromatic carbocycles. The molecule has 0 unspecified atom stereocenters. The van der Waals surface area contributed by atoms with Crippen molar-refractivity contribution >= 4 is 15.9 Å². The molecular weight excluding hydrogens is 372 g/mol. The van der Waals surface area contributed by atoms with Crippen LogP contribution in [0.25, 0.3) is 11.1 Å². The number of nitrogens with one attached hydrogen (secondary N) is 1. The van der Waals surface area contributed by atoms with Crippen molar-refractivity contribution in [3.63, 3.8) is 0 Å². The number of nitrogens with zero attached hydrogens (tertiary/aromatic N) is 1. The molecule has 6 heteroatoms. The summed E-state index contributed by atoms with van der Waals surface area (Å²) in [6.07, 6.45) is 6.31. The molecular formula is C22H26N2O3S. The van der Waals surface area contributed by atoms with E-state index in [1.165, 1.54) is 12.8 Å². The fourth-order valence-corrected chi connectivity index (χ4v) is 5.59. The van der Waals surface area contributed by atoms with Gasteiger partial charge in [0.05, 0.1) is 4.90 Å². The van der Waals surface area contributed by atoms with Gasteiger partial charge >= 0.3 is 0 Å². The highest BCUT2D eigenvalue weighted by molar-refractivity contribution is 7.89. The lowest BCUT2D eigenvalue weighted by molar-refractivity contribution is 0.0938. The average Bonchev–Trinajstić information content (AvgIpc) is 3.43. The van der Waals surface area contributed by atoms with Crippen LogP contribution < -0.4 is 5.32 Å². The zero-order valence-corrected chi connectivity index (χ0v) is 16.7. The van der Waals surface area contributed by atoms with E-state index in [2.05, 4.69) is 5.32 Å². The van der Waals surface area contributed by atoms with Crippen LogP contribution in [0.2, 0.25) is 0 Å². The number of carbonyl (C=O) groups excluding carboxylic acids is 1. The van der Waals surface area contributed by atoms with Crippen LogP contribution in [0.5, 0.6) is 0 Å². The topological polar surface area (TPSA) is 66.5 Å². The van der Waals surface area contributed by atoms with Gasteiger partial charge in [-0.2, -0.15) is 4.31 Å². The minimum absolute atomic E-state index is 0.0398. The van der Waals surface area contributed by atoms with Crippen LogP contribution in [0.3, 0.4) is 0 Å². The lowest BCUT2D eigenvalue weighted by Gasteiger charge is -2.16. The molecule has 0 aromatic heterocycles. The van der Waals surface area contributed by atoms with Crippen LogP contribution in [-0.2, 0) is 10.0 Å². The number of rotatable bonds is 5. The van der Waals surface area contributed by atoms with Gasteiger partial charge in [0.1, 0.15) is 0 Å². The van der Waals surface area contributed by atoms with E-state index in [0.717, 1.165) is 36.8 Å². The molecule has 2 aromatic rings. The van der Waals surface area contributed by atoms with E-state index in [9.17, 15) is 13.2 Å². The Morgan fingerprint density at radius 1 is 0.893 bits per heavy atom. The number of sulfonamides is 1. The second kappa shape index (κ2) is 8.05. The molecule has 1 N–H and O–H groups in total. The molecule has 1 saturated heterocycles. The molecule has 0 atom stereocenters. The summed E-state index contributed by atoms with van der Waals surface area (Å²) in [5, 5.41) is 3.11. The number of amides is 1. The van der Waals surface area contributed by atoms with E-state index in [4.69, 9.17) is 0 Å². The highest BCUT2D eigenvalue weighted by Gasteiger charge is 2.27. The van der Waals surface area contributed by atoms with Crippen molar-refractivity contribution in [2.45, 2.75) is 49.5 Å². The van der Waals surface area contributed by atoms with Crippen molar-refractivity contribution in [2.75, 3.05) is 13.1 Å². The maximum atomic E-state index is 12.7. The average molecular weight is 399 g/mol. The molecule has 0 spiro atoms. The van der Waals surface area contributed by atoms with Crippen molar-refractivity contribution in [2.24, 2.45) is 0 Å². The standard InChI is InChI=1S/C22H26N2O3S/c25-22(23-20-8-1-2-9-20)19-7-5-6-18(16-19)17-10-12-21(13-11-17)28(26,27)24-14-3-4-15-24/h5-7,10-13,16,20H,1-4,8-9,14-15H2,(H,23,25). The third kappa shape index (κ3) is 3.98. The summed E-state index contributed by atoms with van der Waals surface area (Å²) in [4.78, 5) is 12.8. The Morgan fingerprint density at radius 3 is 2.25 bits per heavy atom. The van der Waals surface area contributed by atoms with Crippen molar-refractivity contribution in [1.29, 1.82) is 0 Å². The van der Waals surface area contributed by atoms with Crippen molar-refractivity contribution in [3.05, 3.63) is 54.1 Å². The Balaban J connectivity index is 1.52. The third-order valence-electron chi connectivity index (χ3n) is 5.71. The largest absolute Gasteiger partial charge is 0.349 e. The third-order valence-corrected chi connectivity index (χ3v) is 7.62. The summed E-state index contributed by atoms with van der Waals surface area (Å²) in [5.74, 6) is -0.0398. The quantitative estimate of drug-likeness (QED) is 0.833. The second-order valence-corrected chi connectivity index (χ2v) is 9.61. The van der Waals surface area contributed by atoms with Gasteiger partial charge in [0.25, 0.3) is 5.91 Å². The first-order valence-corrected chi connectivity index (χ1v) is 11.5. The van der Waals surface area contributed by atoms with Gasteiger partial charge in [0, 0.05) is 24.7 Å². The first-order valence-electron chi connectivity index (χ1n) is 10.1. The van der Waals surface area contributed by atoms with Crippen molar-refractivity contribution < 1.29 is 13.2 Å². The van der Waals surface area contributed by atoms with Crippen LogP contribution in [0.1, 0.15) is 48.9 Å². The molecule has 28 heavy (non-hydrogen) atoms. The summed E-state index contributed by atoms with van der Waals surface area (Å²) in [6.45, 7) is 1.20. The van der Waals surface area contributed by atoms with Crippen LogP contribution in [0, 0.1) is 0 Å². The van der Waals surface area contributed by atoms with Gasteiger partial charge in [0.2, 0.25) is 10.0 Å². The molecule has 0 bridgehead atoms. The Kier molecular flexibility index (Phi) is 5.51. The monoisotopic (exact) mass is 398 g/mol. The fourth-order valence-electron chi connectivity index (χ4n) is 4.08. The second-order valence-electron chi connectivity index (χ2n) is 7.67. The smallest absolute Gasteiger partial charge is 0.251 e. The molecule has 1 amide bonds. The summed E-state index contributed by atoms with van der Waals surface area (Å²) in [6, 6.07) is 14.7. The number of benzene rings is 2. The highest BCUT2D eigenvalue weighted by atomic mass is 32.2. The van der Waals surface area contributed by atoms with E-state index < -0.39 is 10.0 Å². The van der Waals surface area contributed by atoms with Gasteiger partial charge in [-0.25, -0.2) is 8.42 Å². The molecule has 1 heterocycles. The van der Waals surface area contributed by atoms with Gasteiger partial charge in [-0.15, -0.1) is 0 Å². The number of hydrogen-bond donors (Lipinski definition) is 1. The maximum absolute atomic E-state index is 12.7.